The number of amides is 1. The van der Waals surface area contributed by atoms with E-state index in [1.165, 1.54) is 0 Å². The van der Waals surface area contributed by atoms with Crippen molar-refractivity contribution in [2.24, 2.45) is 16.9 Å². The monoisotopic (exact) mass is 492 g/mol. The predicted molar refractivity (Wildman–Crippen MR) is 143 cm³/mol. The zero-order valence-electron chi connectivity index (χ0n) is 21.8. The maximum absolute atomic E-state index is 13.6. The highest BCUT2D eigenvalue weighted by Gasteiger charge is 2.42. The minimum atomic E-state index is -0.169. The largest absolute Gasteiger partial charge is 0.489 e. The summed E-state index contributed by atoms with van der Waals surface area (Å²) in [6, 6.07) is 17.4. The zero-order valence-corrected chi connectivity index (χ0v) is 21.8. The lowest BCUT2D eigenvalue weighted by Gasteiger charge is -2.44. The van der Waals surface area contributed by atoms with Crippen LogP contribution < -0.4 is 16.2 Å². The van der Waals surface area contributed by atoms with Gasteiger partial charge in [-0.2, -0.15) is 0 Å². The van der Waals surface area contributed by atoms with Crippen molar-refractivity contribution in [1.82, 2.24) is 9.80 Å². The Kier molecular flexibility index (Phi) is 8.21. The minimum absolute atomic E-state index is 0.0163. The number of benzene rings is 2. The number of carbonyl (C=O) groups excluding carboxylic acids is 1. The minimum Gasteiger partial charge on any atom is -0.489 e. The Bertz CT molecular complexity index is 1040. The molecule has 4 rings (SSSR count). The van der Waals surface area contributed by atoms with Gasteiger partial charge in [-0.3, -0.25) is 9.69 Å². The molecular formula is C29H40N4O3. The number of rotatable bonds is 8. The standard InChI is InChI=1S/C29H40N4O3/c1-4-25(33-16-14-29(15-17-33)18-21(2)36-20-29)32(3)28(34)26(27(30)31)23-10-12-24(13-11-23)35-19-22-8-6-5-7-9-22/h5-13,21,25H,4,14-20,30-31H2,1-3H3/t21-,25?/m0/s1. The Morgan fingerprint density at radius 1 is 1.14 bits per heavy atom. The van der Waals surface area contributed by atoms with E-state index in [1.54, 1.807) is 4.90 Å². The van der Waals surface area contributed by atoms with Gasteiger partial charge in [0.15, 0.2) is 0 Å². The third kappa shape index (κ3) is 5.85. The van der Waals surface area contributed by atoms with E-state index in [0.717, 1.165) is 56.7 Å². The van der Waals surface area contributed by atoms with Crippen LogP contribution in [0.1, 0.15) is 50.7 Å². The molecule has 2 aliphatic heterocycles. The second-order valence-electron chi connectivity index (χ2n) is 10.3. The molecule has 0 aliphatic carbocycles. The summed E-state index contributed by atoms with van der Waals surface area (Å²) in [5, 5.41) is 0. The van der Waals surface area contributed by atoms with Gasteiger partial charge in [0, 0.05) is 20.1 Å². The number of ether oxygens (including phenoxy) is 2. The van der Waals surface area contributed by atoms with Crippen molar-refractivity contribution < 1.29 is 14.3 Å². The van der Waals surface area contributed by atoms with Crippen LogP contribution in [0.15, 0.2) is 60.4 Å². The summed E-state index contributed by atoms with van der Waals surface area (Å²) >= 11 is 0. The van der Waals surface area contributed by atoms with Crippen molar-refractivity contribution in [3.05, 3.63) is 71.5 Å². The van der Waals surface area contributed by atoms with Crippen LogP contribution in [0.2, 0.25) is 0 Å². The Labute approximate surface area is 215 Å². The summed E-state index contributed by atoms with van der Waals surface area (Å²) in [5.74, 6) is 0.574. The SMILES string of the molecule is CCC(N1CCC2(CC1)CO[C@@H](C)C2)N(C)C(=O)C(=C(N)N)c1ccc(OCc2ccccc2)cc1. The summed E-state index contributed by atoms with van der Waals surface area (Å²) < 4.78 is 11.8. The molecule has 0 saturated carbocycles. The molecule has 2 aromatic rings. The number of carbonyl (C=O) groups is 1. The fraction of sp³-hybridized carbons (Fsp3) is 0.483. The van der Waals surface area contributed by atoms with Crippen LogP contribution >= 0.6 is 0 Å². The third-order valence-electron chi connectivity index (χ3n) is 7.70. The van der Waals surface area contributed by atoms with Crippen LogP contribution in [0.4, 0.5) is 0 Å². The normalized spacial score (nSPS) is 20.1. The molecule has 194 valence electrons. The number of nitrogens with zero attached hydrogens (tertiary/aromatic N) is 2. The van der Waals surface area contributed by atoms with Gasteiger partial charge in [-0.1, -0.05) is 49.4 Å². The van der Waals surface area contributed by atoms with Gasteiger partial charge in [0.2, 0.25) is 0 Å². The van der Waals surface area contributed by atoms with Crippen LogP contribution in [0.5, 0.6) is 5.75 Å². The van der Waals surface area contributed by atoms with E-state index in [9.17, 15) is 4.79 Å². The molecule has 1 amide bonds. The van der Waals surface area contributed by atoms with Crippen molar-refractivity contribution in [2.75, 3.05) is 26.7 Å². The number of piperidine rings is 1. The molecule has 7 nitrogen and oxygen atoms in total. The lowest BCUT2D eigenvalue weighted by molar-refractivity contribution is -0.130. The summed E-state index contributed by atoms with van der Waals surface area (Å²) in [5.41, 5.74) is 14.5. The summed E-state index contributed by atoms with van der Waals surface area (Å²) in [7, 11) is 1.85. The summed E-state index contributed by atoms with van der Waals surface area (Å²) in [6.45, 7) is 7.52. The van der Waals surface area contributed by atoms with Crippen LogP contribution in [0.3, 0.4) is 0 Å². The highest BCUT2D eigenvalue weighted by molar-refractivity contribution is 6.20. The molecule has 0 aromatic heterocycles. The van der Waals surface area contributed by atoms with E-state index in [4.69, 9.17) is 20.9 Å². The Morgan fingerprint density at radius 2 is 1.81 bits per heavy atom. The van der Waals surface area contributed by atoms with E-state index < -0.39 is 0 Å². The van der Waals surface area contributed by atoms with Crippen LogP contribution in [0, 0.1) is 5.41 Å². The molecule has 2 heterocycles. The molecule has 7 heteroatoms. The maximum atomic E-state index is 13.6. The Hall–Kier alpha value is -3.03. The van der Waals surface area contributed by atoms with Crippen molar-refractivity contribution in [3.8, 4) is 5.75 Å². The first kappa shape index (κ1) is 26.0. The van der Waals surface area contributed by atoms with Crippen LogP contribution in [-0.2, 0) is 16.1 Å². The van der Waals surface area contributed by atoms with E-state index >= 15 is 0 Å². The molecule has 4 N–H and O–H groups in total. The summed E-state index contributed by atoms with van der Waals surface area (Å²) in [4.78, 5) is 17.9. The molecule has 0 bridgehead atoms. The third-order valence-corrected chi connectivity index (χ3v) is 7.70. The first-order chi connectivity index (χ1) is 17.3. The molecule has 2 aliphatic rings. The zero-order chi connectivity index (χ0) is 25.7. The Morgan fingerprint density at radius 3 is 2.36 bits per heavy atom. The number of hydrogen-bond donors (Lipinski definition) is 2. The molecule has 0 radical (unpaired) electrons. The van der Waals surface area contributed by atoms with E-state index in [2.05, 4.69) is 18.7 Å². The smallest absolute Gasteiger partial charge is 0.259 e. The second kappa shape index (κ2) is 11.4. The quantitative estimate of drug-likeness (QED) is 0.542. The lowest BCUT2D eigenvalue weighted by atomic mass is 9.76. The molecular weight excluding hydrogens is 452 g/mol. The molecule has 1 unspecified atom stereocenters. The summed E-state index contributed by atoms with van der Waals surface area (Å²) in [6.07, 6.45) is 4.49. The average molecular weight is 493 g/mol. The number of hydrogen-bond acceptors (Lipinski definition) is 6. The fourth-order valence-electron chi connectivity index (χ4n) is 5.65. The van der Waals surface area contributed by atoms with Crippen LogP contribution in [0.25, 0.3) is 5.57 Å². The van der Waals surface area contributed by atoms with Gasteiger partial charge >= 0.3 is 0 Å². The number of likely N-dealkylation sites (tertiary alicyclic amines) is 1. The number of nitrogens with two attached hydrogens (primary N) is 2. The maximum Gasteiger partial charge on any atom is 0.259 e. The molecule has 36 heavy (non-hydrogen) atoms. The van der Waals surface area contributed by atoms with Gasteiger partial charge in [0.05, 0.1) is 24.4 Å². The molecule has 2 saturated heterocycles. The van der Waals surface area contributed by atoms with E-state index in [1.807, 2.05) is 61.6 Å². The van der Waals surface area contributed by atoms with Gasteiger partial charge in [-0.25, -0.2) is 0 Å². The highest BCUT2D eigenvalue weighted by Crippen LogP contribution is 2.42. The van der Waals surface area contributed by atoms with Crippen molar-refractivity contribution in [3.63, 3.8) is 0 Å². The van der Waals surface area contributed by atoms with E-state index in [0.29, 0.717) is 29.3 Å². The van der Waals surface area contributed by atoms with Gasteiger partial charge in [0.1, 0.15) is 18.2 Å². The molecule has 2 fully saturated rings. The first-order valence-corrected chi connectivity index (χ1v) is 13.0. The van der Waals surface area contributed by atoms with Crippen molar-refractivity contribution >= 4 is 11.5 Å². The number of likely N-dealkylation sites (N-methyl/N-ethyl adjacent to an activating group) is 1. The van der Waals surface area contributed by atoms with Gasteiger partial charge < -0.3 is 25.8 Å². The van der Waals surface area contributed by atoms with Crippen LogP contribution in [-0.4, -0.2) is 54.7 Å². The molecule has 2 aromatic carbocycles. The molecule has 2 atom stereocenters. The molecule has 1 spiro atoms. The van der Waals surface area contributed by atoms with Gasteiger partial charge in [-0.15, -0.1) is 0 Å². The van der Waals surface area contributed by atoms with Crippen molar-refractivity contribution in [2.45, 2.75) is 58.4 Å². The topological polar surface area (TPSA) is 94.0 Å². The second-order valence-corrected chi connectivity index (χ2v) is 10.3. The van der Waals surface area contributed by atoms with Crippen molar-refractivity contribution in [1.29, 1.82) is 0 Å². The highest BCUT2D eigenvalue weighted by atomic mass is 16.5. The fourth-order valence-corrected chi connectivity index (χ4v) is 5.65. The van der Waals surface area contributed by atoms with Gasteiger partial charge in [0.25, 0.3) is 5.91 Å². The predicted octanol–water partition coefficient (Wildman–Crippen LogP) is 3.94. The van der Waals surface area contributed by atoms with E-state index in [-0.39, 0.29) is 17.9 Å². The Balaban J connectivity index is 1.41. The van der Waals surface area contributed by atoms with Gasteiger partial charge in [-0.05, 0) is 61.3 Å². The first-order valence-electron chi connectivity index (χ1n) is 13.0. The lowest BCUT2D eigenvalue weighted by Crippen LogP contribution is -2.53. The average Bonchev–Trinajstić information content (AvgIpc) is 3.25.